The molecule has 0 bridgehead atoms. The molecule has 0 aliphatic carbocycles. The van der Waals surface area contributed by atoms with Crippen LogP contribution in [0, 0.1) is 5.92 Å². The molecule has 68 valence electrons. The minimum atomic E-state index is 0.0671. The first kappa shape index (κ1) is 9.26. The minimum Gasteiger partial charge on any atom is -0.342 e. The number of piperidine rings is 1. The van der Waals surface area contributed by atoms with Crippen LogP contribution in [0.25, 0.3) is 0 Å². The van der Waals surface area contributed by atoms with Gasteiger partial charge in [-0.05, 0) is 18.8 Å². The fraction of sp³-hybridized carbons (Fsp3) is 0.667. The van der Waals surface area contributed by atoms with E-state index in [1.807, 2.05) is 11.0 Å². The summed E-state index contributed by atoms with van der Waals surface area (Å²) in [6.07, 6.45) is 4.05. The summed E-state index contributed by atoms with van der Waals surface area (Å²) >= 11 is 0. The highest BCUT2D eigenvalue weighted by Crippen LogP contribution is 2.17. The summed E-state index contributed by atoms with van der Waals surface area (Å²) in [5.74, 6) is 0.657. The lowest BCUT2D eigenvalue weighted by atomic mass is 9.97. The average Bonchev–Trinajstić information content (AvgIpc) is 2.17. The van der Waals surface area contributed by atoms with Gasteiger partial charge in [0.25, 0.3) is 0 Å². The first-order valence-corrected chi connectivity index (χ1v) is 4.38. The molecule has 0 spiro atoms. The molecule has 0 saturated carbocycles. The van der Waals surface area contributed by atoms with Crippen LogP contribution in [0.2, 0.25) is 0 Å². The molecule has 0 aromatic carbocycles. The van der Waals surface area contributed by atoms with Crippen molar-refractivity contribution >= 4 is 5.91 Å². The number of nitrogens with zero attached hydrogens (tertiary/aromatic N) is 1. The van der Waals surface area contributed by atoms with Crippen LogP contribution in [0.4, 0.5) is 0 Å². The Morgan fingerprint density at radius 3 is 2.58 bits per heavy atom. The summed E-state index contributed by atoms with van der Waals surface area (Å²) in [6.45, 7) is 5.56. The molecule has 0 atom stereocenters. The van der Waals surface area contributed by atoms with Crippen molar-refractivity contribution in [2.75, 3.05) is 19.6 Å². The number of carbonyl (C=O) groups excluding carboxylic acids is 1. The molecule has 1 amide bonds. The van der Waals surface area contributed by atoms with Gasteiger partial charge in [-0.15, -0.1) is 6.58 Å². The Balaban J connectivity index is 2.35. The van der Waals surface area contributed by atoms with E-state index in [1.54, 1.807) is 0 Å². The third-order valence-corrected chi connectivity index (χ3v) is 2.40. The van der Waals surface area contributed by atoms with E-state index in [-0.39, 0.29) is 12.5 Å². The largest absolute Gasteiger partial charge is 0.342 e. The van der Waals surface area contributed by atoms with Crippen LogP contribution in [0.1, 0.15) is 12.8 Å². The van der Waals surface area contributed by atoms with Gasteiger partial charge in [-0.2, -0.15) is 0 Å². The van der Waals surface area contributed by atoms with Gasteiger partial charge in [0.05, 0.1) is 6.54 Å². The van der Waals surface area contributed by atoms with E-state index < -0.39 is 0 Å². The van der Waals surface area contributed by atoms with E-state index in [0.29, 0.717) is 5.92 Å². The molecule has 1 aliphatic heterocycles. The van der Waals surface area contributed by atoms with E-state index in [0.717, 1.165) is 25.9 Å². The van der Waals surface area contributed by atoms with Crippen LogP contribution in [0.5, 0.6) is 0 Å². The van der Waals surface area contributed by atoms with Gasteiger partial charge in [-0.3, -0.25) is 4.79 Å². The summed E-state index contributed by atoms with van der Waals surface area (Å²) in [5, 5.41) is 0. The van der Waals surface area contributed by atoms with Gasteiger partial charge in [0.2, 0.25) is 5.91 Å². The number of allylic oxidation sites excluding steroid dienone is 1. The third kappa shape index (κ3) is 2.08. The van der Waals surface area contributed by atoms with Crippen LogP contribution >= 0.6 is 0 Å². The fourth-order valence-electron chi connectivity index (χ4n) is 1.51. The minimum absolute atomic E-state index is 0.0671. The average molecular weight is 168 g/mol. The summed E-state index contributed by atoms with van der Waals surface area (Å²) in [7, 11) is 0. The normalized spacial score (nSPS) is 19.2. The Morgan fingerprint density at radius 1 is 1.58 bits per heavy atom. The summed E-state index contributed by atoms with van der Waals surface area (Å²) in [4.78, 5) is 13.0. The van der Waals surface area contributed by atoms with E-state index in [2.05, 4.69) is 6.58 Å². The Hall–Kier alpha value is -0.830. The number of hydrogen-bond acceptors (Lipinski definition) is 2. The lowest BCUT2D eigenvalue weighted by molar-refractivity contribution is -0.130. The molecular weight excluding hydrogens is 152 g/mol. The highest BCUT2D eigenvalue weighted by molar-refractivity contribution is 5.78. The van der Waals surface area contributed by atoms with E-state index in [4.69, 9.17) is 5.73 Å². The third-order valence-electron chi connectivity index (χ3n) is 2.40. The molecule has 0 radical (unpaired) electrons. The smallest absolute Gasteiger partial charge is 0.236 e. The lowest BCUT2D eigenvalue weighted by Crippen LogP contribution is -2.41. The standard InChI is InChI=1S/C9H16N2O/c1-2-8-3-5-11(6-4-8)9(12)7-10/h2,8H,1,3-7,10H2. The Labute approximate surface area is 73.2 Å². The Bertz CT molecular complexity index is 171. The predicted octanol–water partition coefficient (Wildman–Crippen LogP) is 0.370. The van der Waals surface area contributed by atoms with E-state index in [1.165, 1.54) is 0 Å². The van der Waals surface area contributed by atoms with Crippen molar-refractivity contribution in [2.45, 2.75) is 12.8 Å². The molecule has 1 rings (SSSR count). The molecule has 0 unspecified atom stereocenters. The van der Waals surface area contributed by atoms with Gasteiger partial charge in [0.15, 0.2) is 0 Å². The molecule has 1 saturated heterocycles. The predicted molar refractivity (Wildman–Crippen MR) is 48.6 cm³/mol. The number of rotatable bonds is 2. The number of carbonyl (C=O) groups is 1. The molecule has 3 nitrogen and oxygen atoms in total. The molecule has 2 N–H and O–H groups in total. The van der Waals surface area contributed by atoms with Gasteiger partial charge >= 0.3 is 0 Å². The zero-order valence-corrected chi connectivity index (χ0v) is 7.33. The van der Waals surface area contributed by atoms with Crippen molar-refractivity contribution in [1.29, 1.82) is 0 Å². The number of nitrogens with two attached hydrogens (primary N) is 1. The zero-order valence-electron chi connectivity index (χ0n) is 7.33. The first-order chi connectivity index (χ1) is 5.77. The van der Waals surface area contributed by atoms with Crippen molar-refractivity contribution in [1.82, 2.24) is 4.90 Å². The maximum absolute atomic E-state index is 11.1. The monoisotopic (exact) mass is 168 g/mol. The van der Waals surface area contributed by atoms with E-state index >= 15 is 0 Å². The summed E-state index contributed by atoms with van der Waals surface area (Å²) in [5.41, 5.74) is 5.26. The van der Waals surface area contributed by atoms with Crippen molar-refractivity contribution < 1.29 is 4.79 Å². The molecule has 1 heterocycles. The second-order valence-electron chi connectivity index (χ2n) is 3.16. The first-order valence-electron chi connectivity index (χ1n) is 4.38. The van der Waals surface area contributed by atoms with Crippen LogP contribution in [-0.4, -0.2) is 30.4 Å². The summed E-state index contributed by atoms with van der Waals surface area (Å²) < 4.78 is 0. The zero-order chi connectivity index (χ0) is 8.97. The molecule has 1 fully saturated rings. The van der Waals surface area contributed by atoms with Crippen LogP contribution in [-0.2, 0) is 4.79 Å². The molecule has 3 heteroatoms. The number of likely N-dealkylation sites (tertiary alicyclic amines) is 1. The Morgan fingerprint density at radius 2 is 2.17 bits per heavy atom. The van der Waals surface area contributed by atoms with Gasteiger partial charge in [-0.25, -0.2) is 0 Å². The maximum Gasteiger partial charge on any atom is 0.236 e. The maximum atomic E-state index is 11.1. The van der Waals surface area contributed by atoms with Crippen LogP contribution in [0.15, 0.2) is 12.7 Å². The van der Waals surface area contributed by atoms with Crippen molar-refractivity contribution in [3.63, 3.8) is 0 Å². The topological polar surface area (TPSA) is 46.3 Å². The molecule has 0 aromatic rings. The highest BCUT2D eigenvalue weighted by Gasteiger charge is 2.19. The quantitative estimate of drug-likeness (QED) is 0.605. The van der Waals surface area contributed by atoms with Crippen molar-refractivity contribution in [3.8, 4) is 0 Å². The molecular formula is C9H16N2O. The van der Waals surface area contributed by atoms with Crippen molar-refractivity contribution in [3.05, 3.63) is 12.7 Å². The van der Waals surface area contributed by atoms with Crippen molar-refractivity contribution in [2.24, 2.45) is 11.7 Å². The lowest BCUT2D eigenvalue weighted by Gasteiger charge is -2.30. The van der Waals surface area contributed by atoms with Gasteiger partial charge < -0.3 is 10.6 Å². The Kier molecular flexibility index (Phi) is 3.29. The number of hydrogen-bond donors (Lipinski definition) is 1. The molecule has 1 aliphatic rings. The van der Waals surface area contributed by atoms with E-state index in [9.17, 15) is 4.79 Å². The van der Waals surface area contributed by atoms with Gasteiger partial charge in [0, 0.05) is 13.1 Å². The highest BCUT2D eigenvalue weighted by atomic mass is 16.2. The molecule has 12 heavy (non-hydrogen) atoms. The van der Waals surface area contributed by atoms with Gasteiger partial charge in [0.1, 0.15) is 0 Å². The van der Waals surface area contributed by atoms with Gasteiger partial charge in [-0.1, -0.05) is 6.08 Å². The van der Waals surface area contributed by atoms with Crippen LogP contribution < -0.4 is 5.73 Å². The second-order valence-corrected chi connectivity index (χ2v) is 3.16. The summed E-state index contributed by atoms with van der Waals surface area (Å²) in [6, 6.07) is 0. The number of amides is 1. The second kappa shape index (κ2) is 4.26. The molecule has 0 aromatic heterocycles. The fourth-order valence-corrected chi connectivity index (χ4v) is 1.51. The SMILES string of the molecule is C=CC1CCN(C(=O)CN)CC1. The van der Waals surface area contributed by atoms with Crippen LogP contribution in [0.3, 0.4) is 0 Å².